The Kier molecular flexibility index (Phi) is 6.40. The number of ether oxygens (including phenoxy) is 1. The molecule has 32 heavy (non-hydrogen) atoms. The topological polar surface area (TPSA) is 61.9 Å². The lowest BCUT2D eigenvalue weighted by atomic mass is 10.1. The number of hydrogen-bond donors (Lipinski definition) is 1. The molecule has 1 aliphatic rings. The van der Waals surface area contributed by atoms with Crippen LogP contribution in [0, 0.1) is 6.92 Å². The van der Waals surface area contributed by atoms with E-state index in [9.17, 15) is 9.59 Å². The molecule has 0 saturated carbocycles. The first kappa shape index (κ1) is 21.4. The van der Waals surface area contributed by atoms with Gasteiger partial charge in [0.25, 0.3) is 5.91 Å². The normalized spacial score (nSPS) is 13.8. The number of carbonyl (C=O) groups excluding carboxylic acids is 2. The van der Waals surface area contributed by atoms with Crippen molar-refractivity contribution in [1.82, 2.24) is 4.90 Å². The predicted octanol–water partition coefficient (Wildman–Crippen LogP) is 5.09. The summed E-state index contributed by atoms with van der Waals surface area (Å²) in [5.41, 5.74) is 4.19. The number of nitrogens with zero attached hydrogens (tertiary/aromatic N) is 2. The van der Waals surface area contributed by atoms with Crippen molar-refractivity contribution in [3.63, 3.8) is 0 Å². The van der Waals surface area contributed by atoms with Gasteiger partial charge in [0.05, 0.1) is 7.11 Å². The van der Waals surface area contributed by atoms with Crippen molar-refractivity contribution < 1.29 is 14.3 Å². The molecule has 0 spiro atoms. The molecule has 3 aromatic carbocycles. The zero-order valence-corrected chi connectivity index (χ0v) is 18.4. The molecule has 0 unspecified atom stereocenters. The molecule has 3 aromatic rings. The Bertz CT molecular complexity index is 1130. The van der Waals surface area contributed by atoms with E-state index in [0.717, 1.165) is 24.2 Å². The maximum atomic E-state index is 13.2. The predicted molar refractivity (Wildman–Crippen MR) is 126 cm³/mol. The highest BCUT2D eigenvalue weighted by Gasteiger charge is 2.27. The second-order valence-corrected chi connectivity index (χ2v) is 7.87. The molecule has 4 rings (SSSR count). The van der Waals surface area contributed by atoms with Crippen molar-refractivity contribution >= 4 is 23.3 Å². The van der Waals surface area contributed by atoms with Gasteiger partial charge in [-0.3, -0.25) is 9.69 Å². The first-order valence-electron chi connectivity index (χ1n) is 10.7. The lowest BCUT2D eigenvalue weighted by Crippen LogP contribution is -2.49. The fourth-order valence-electron chi connectivity index (χ4n) is 3.88. The van der Waals surface area contributed by atoms with E-state index in [1.807, 2.05) is 47.4 Å². The summed E-state index contributed by atoms with van der Waals surface area (Å²) in [5, 5.41) is 2.89. The van der Waals surface area contributed by atoms with E-state index in [1.165, 1.54) is 5.56 Å². The van der Waals surface area contributed by atoms with E-state index in [1.54, 1.807) is 30.2 Å². The molecule has 3 amide bonds. The van der Waals surface area contributed by atoms with Gasteiger partial charge >= 0.3 is 6.03 Å². The number of methoxy groups -OCH3 is 1. The second-order valence-electron chi connectivity index (χ2n) is 7.87. The maximum Gasteiger partial charge on any atom is 0.324 e. The molecular formula is C26H27N3O3. The highest BCUT2D eigenvalue weighted by Crippen LogP contribution is 2.24. The number of carbonyl (C=O) groups is 2. The summed E-state index contributed by atoms with van der Waals surface area (Å²) in [7, 11) is 1.59. The van der Waals surface area contributed by atoms with Crippen LogP contribution in [0.5, 0.6) is 5.75 Å². The third kappa shape index (κ3) is 4.75. The van der Waals surface area contributed by atoms with Crippen molar-refractivity contribution in [2.75, 3.05) is 30.4 Å². The van der Waals surface area contributed by atoms with Gasteiger partial charge in [-0.15, -0.1) is 0 Å². The molecular weight excluding hydrogens is 402 g/mol. The number of nitrogens with one attached hydrogen (secondary N) is 1. The van der Waals surface area contributed by atoms with Crippen LogP contribution in [-0.2, 0) is 6.54 Å². The summed E-state index contributed by atoms with van der Waals surface area (Å²) in [6, 6.07) is 22.5. The Morgan fingerprint density at radius 1 is 1.00 bits per heavy atom. The minimum atomic E-state index is -0.235. The summed E-state index contributed by atoms with van der Waals surface area (Å²) < 4.78 is 5.21. The summed E-state index contributed by atoms with van der Waals surface area (Å²) in [5.74, 6) is 0.436. The molecule has 0 bridgehead atoms. The van der Waals surface area contributed by atoms with Gasteiger partial charge in [0.1, 0.15) is 5.75 Å². The van der Waals surface area contributed by atoms with E-state index in [0.29, 0.717) is 30.1 Å². The Morgan fingerprint density at radius 2 is 1.81 bits per heavy atom. The fraction of sp³-hybridized carbons (Fsp3) is 0.231. The molecule has 164 valence electrons. The van der Waals surface area contributed by atoms with Gasteiger partial charge in [-0.25, -0.2) is 4.79 Å². The first-order valence-corrected chi connectivity index (χ1v) is 10.7. The van der Waals surface area contributed by atoms with Crippen LogP contribution in [0.2, 0.25) is 0 Å². The smallest absolute Gasteiger partial charge is 0.324 e. The Morgan fingerprint density at radius 3 is 2.62 bits per heavy atom. The molecule has 1 N–H and O–H groups in total. The number of aryl methyl sites for hydroxylation is 1. The Hall–Kier alpha value is -3.80. The minimum Gasteiger partial charge on any atom is -0.497 e. The molecule has 6 nitrogen and oxygen atoms in total. The van der Waals surface area contributed by atoms with Crippen molar-refractivity contribution in [3.8, 4) is 5.75 Å². The van der Waals surface area contributed by atoms with E-state index in [2.05, 4.69) is 24.4 Å². The minimum absolute atomic E-state index is 0.0372. The van der Waals surface area contributed by atoms with E-state index >= 15 is 0 Å². The van der Waals surface area contributed by atoms with E-state index in [-0.39, 0.29) is 11.9 Å². The molecule has 0 aliphatic carbocycles. The van der Waals surface area contributed by atoms with Gasteiger partial charge in [-0.1, -0.05) is 36.4 Å². The van der Waals surface area contributed by atoms with Crippen LogP contribution in [0.25, 0.3) is 0 Å². The summed E-state index contributed by atoms with van der Waals surface area (Å²) >= 11 is 0. The van der Waals surface area contributed by atoms with Gasteiger partial charge in [-0.2, -0.15) is 0 Å². The van der Waals surface area contributed by atoms with Gasteiger partial charge < -0.3 is 15.0 Å². The highest BCUT2D eigenvalue weighted by molar-refractivity contribution is 6.05. The monoisotopic (exact) mass is 429 g/mol. The number of amides is 3. The zero-order valence-electron chi connectivity index (χ0n) is 18.4. The van der Waals surface area contributed by atoms with Crippen molar-refractivity contribution in [1.29, 1.82) is 0 Å². The summed E-state index contributed by atoms with van der Waals surface area (Å²) in [6.07, 6.45) is 0.873. The van der Waals surface area contributed by atoms with E-state index in [4.69, 9.17) is 4.74 Å². The fourth-order valence-corrected chi connectivity index (χ4v) is 3.88. The van der Waals surface area contributed by atoms with Crippen LogP contribution < -0.4 is 15.0 Å². The van der Waals surface area contributed by atoms with Crippen molar-refractivity contribution in [3.05, 3.63) is 89.5 Å². The van der Waals surface area contributed by atoms with Crippen LogP contribution in [0.1, 0.15) is 27.9 Å². The molecule has 1 fully saturated rings. The van der Waals surface area contributed by atoms with Gasteiger partial charge in [0.15, 0.2) is 0 Å². The molecule has 0 atom stereocenters. The van der Waals surface area contributed by atoms with Gasteiger partial charge in [-0.05, 0) is 54.8 Å². The van der Waals surface area contributed by atoms with Crippen LogP contribution in [0.4, 0.5) is 16.2 Å². The van der Waals surface area contributed by atoms with Gasteiger partial charge in [0.2, 0.25) is 0 Å². The van der Waals surface area contributed by atoms with Crippen LogP contribution >= 0.6 is 0 Å². The lowest BCUT2D eigenvalue weighted by molar-refractivity contribution is 0.102. The number of rotatable bonds is 6. The standard InChI is InChI=1S/C26H27N3O3/c1-19-8-3-4-9-21(19)18-28-14-7-15-29(26(28)31)23-12-5-10-20(16-23)25(30)27-22-11-6-13-24(17-22)32-2/h3-6,8-13,16-17H,7,14-15,18H2,1-2H3,(H,27,30). The largest absolute Gasteiger partial charge is 0.497 e. The van der Waals surface area contributed by atoms with Gasteiger partial charge in [0, 0.05) is 42.6 Å². The highest BCUT2D eigenvalue weighted by atomic mass is 16.5. The number of anilines is 2. The van der Waals surface area contributed by atoms with Crippen LogP contribution in [0.15, 0.2) is 72.8 Å². The molecule has 1 saturated heterocycles. The summed E-state index contributed by atoms with van der Waals surface area (Å²) in [6.45, 7) is 3.99. The molecule has 1 heterocycles. The Labute approximate surface area is 188 Å². The second kappa shape index (κ2) is 9.56. The maximum absolute atomic E-state index is 13.2. The SMILES string of the molecule is COc1cccc(NC(=O)c2cccc(N3CCCN(Cc4ccccc4C)C3=O)c2)c1. The third-order valence-corrected chi connectivity index (χ3v) is 5.68. The zero-order chi connectivity index (χ0) is 22.5. The quantitative estimate of drug-likeness (QED) is 0.594. The Balaban J connectivity index is 1.50. The average molecular weight is 430 g/mol. The summed E-state index contributed by atoms with van der Waals surface area (Å²) in [4.78, 5) is 29.7. The number of urea groups is 1. The first-order chi connectivity index (χ1) is 15.5. The van der Waals surface area contributed by atoms with Crippen molar-refractivity contribution in [2.45, 2.75) is 19.9 Å². The van der Waals surface area contributed by atoms with Crippen LogP contribution in [-0.4, -0.2) is 37.0 Å². The molecule has 6 heteroatoms. The molecule has 0 aromatic heterocycles. The average Bonchev–Trinajstić information content (AvgIpc) is 2.82. The van der Waals surface area contributed by atoms with Crippen molar-refractivity contribution in [2.24, 2.45) is 0 Å². The molecule has 1 aliphatic heterocycles. The molecule has 0 radical (unpaired) electrons. The third-order valence-electron chi connectivity index (χ3n) is 5.68. The number of benzene rings is 3. The number of hydrogen-bond acceptors (Lipinski definition) is 3. The lowest BCUT2D eigenvalue weighted by Gasteiger charge is -2.36. The van der Waals surface area contributed by atoms with Crippen LogP contribution in [0.3, 0.4) is 0 Å². The van der Waals surface area contributed by atoms with E-state index < -0.39 is 0 Å².